The van der Waals surface area contributed by atoms with E-state index in [0.29, 0.717) is 38.1 Å². The molecule has 0 saturated heterocycles. The smallest absolute Gasteiger partial charge is 0.305 e. The summed E-state index contributed by atoms with van der Waals surface area (Å²) < 4.78 is 17.7. The minimum Gasteiger partial charge on any atom is -0.466 e. The zero-order valence-corrected chi connectivity index (χ0v) is 10.9. The molecule has 4 nitrogen and oxygen atoms in total. The number of nitriles is 1. The van der Waals surface area contributed by atoms with Gasteiger partial charge in [0.05, 0.1) is 18.2 Å². The van der Waals surface area contributed by atoms with E-state index in [9.17, 15) is 9.18 Å². The third-order valence-corrected chi connectivity index (χ3v) is 2.55. The number of nitrogens with zero attached hydrogens (tertiary/aromatic N) is 1. The molecule has 0 aliphatic carbocycles. The molecule has 0 bridgehead atoms. The van der Waals surface area contributed by atoms with Gasteiger partial charge in [-0.3, -0.25) is 4.79 Å². The summed E-state index contributed by atoms with van der Waals surface area (Å²) in [6, 6.07) is 6.10. The summed E-state index contributed by atoms with van der Waals surface area (Å²) in [7, 11) is 0. The Bertz CT molecular complexity index is 469. The van der Waals surface area contributed by atoms with Gasteiger partial charge in [-0.1, -0.05) is 6.07 Å². The van der Waals surface area contributed by atoms with Gasteiger partial charge < -0.3 is 10.1 Å². The summed E-state index contributed by atoms with van der Waals surface area (Å²) in [5.74, 6) is -0.619. The van der Waals surface area contributed by atoms with Crippen molar-refractivity contribution in [2.45, 2.75) is 26.3 Å². The second-order valence-electron chi connectivity index (χ2n) is 4.00. The van der Waals surface area contributed by atoms with Crippen molar-refractivity contribution in [2.75, 3.05) is 13.2 Å². The fourth-order valence-electron chi connectivity index (χ4n) is 1.62. The molecule has 0 unspecified atom stereocenters. The van der Waals surface area contributed by atoms with Crippen molar-refractivity contribution in [3.8, 4) is 6.07 Å². The maximum absolute atomic E-state index is 12.9. The predicted octanol–water partition coefficient (Wildman–Crippen LogP) is 2.13. The molecule has 1 aromatic carbocycles. The van der Waals surface area contributed by atoms with E-state index in [1.807, 2.05) is 6.07 Å². The van der Waals surface area contributed by atoms with Gasteiger partial charge in [0.25, 0.3) is 0 Å². The van der Waals surface area contributed by atoms with Crippen LogP contribution in [0.25, 0.3) is 0 Å². The van der Waals surface area contributed by atoms with Crippen LogP contribution >= 0.6 is 0 Å². The summed E-state index contributed by atoms with van der Waals surface area (Å²) >= 11 is 0. The maximum atomic E-state index is 12.9. The number of carbonyl (C=O) groups is 1. The van der Waals surface area contributed by atoms with Gasteiger partial charge in [-0.2, -0.15) is 5.26 Å². The highest BCUT2D eigenvalue weighted by atomic mass is 19.1. The van der Waals surface area contributed by atoms with E-state index in [1.54, 1.807) is 13.0 Å². The zero-order valence-electron chi connectivity index (χ0n) is 10.9. The van der Waals surface area contributed by atoms with Crippen LogP contribution in [-0.4, -0.2) is 19.1 Å². The SMILES string of the molecule is CCOC(=O)CCCNCc1ccc(F)cc1C#N. The Kier molecular flexibility index (Phi) is 6.55. The highest BCUT2D eigenvalue weighted by Crippen LogP contribution is 2.10. The number of hydrogen-bond acceptors (Lipinski definition) is 4. The molecule has 0 aliphatic rings. The first-order valence-electron chi connectivity index (χ1n) is 6.22. The number of carbonyl (C=O) groups excluding carboxylic acids is 1. The first kappa shape index (κ1) is 15.1. The summed E-state index contributed by atoms with van der Waals surface area (Å²) in [6.07, 6.45) is 1.04. The van der Waals surface area contributed by atoms with Gasteiger partial charge in [-0.05, 0) is 37.6 Å². The van der Waals surface area contributed by atoms with E-state index in [4.69, 9.17) is 10.00 Å². The van der Waals surface area contributed by atoms with Crippen molar-refractivity contribution in [3.63, 3.8) is 0 Å². The summed E-state index contributed by atoms with van der Waals surface area (Å²) in [4.78, 5) is 11.1. The molecule has 0 radical (unpaired) electrons. The Balaban J connectivity index is 2.30. The van der Waals surface area contributed by atoms with Gasteiger partial charge in [-0.15, -0.1) is 0 Å². The lowest BCUT2D eigenvalue weighted by Crippen LogP contribution is -2.17. The number of rotatable bonds is 7. The van der Waals surface area contributed by atoms with Crippen LogP contribution in [0.3, 0.4) is 0 Å². The minimum absolute atomic E-state index is 0.205. The van der Waals surface area contributed by atoms with Crippen LogP contribution in [0.5, 0.6) is 0 Å². The number of halogens is 1. The number of ether oxygens (including phenoxy) is 1. The molecule has 102 valence electrons. The van der Waals surface area contributed by atoms with Gasteiger partial charge in [0.15, 0.2) is 0 Å². The topological polar surface area (TPSA) is 62.1 Å². The first-order chi connectivity index (χ1) is 9.17. The van der Waals surface area contributed by atoms with E-state index in [-0.39, 0.29) is 5.97 Å². The average molecular weight is 264 g/mol. The third-order valence-electron chi connectivity index (χ3n) is 2.55. The largest absolute Gasteiger partial charge is 0.466 e. The fourth-order valence-corrected chi connectivity index (χ4v) is 1.62. The molecular formula is C14H17FN2O2. The van der Waals surface area contributed by atoms with Crippen LogP contribution < -0.4 is 5.32 Å². The van der Waals surface area contributed by atoms with Crippen molar-refractivity contribution in [1.29, 1.82) is 5.26 Å². The molecule has 1 rings (SSSR count). The van der Waals surface area contributed by atoms with Crippen molar-refractivity contribution in [1.82, 2.24) is 5.32 Å². The van der Waals surface area contributed by atoms with Crippen LogP contribution in [0.2, 0.25) is 0 Å². The predicted molar refractivity (Wildman–Crippen MR) is 68.7 cm³/mol. The van der Waals surface area contributed by atoms with Crippen molar-refractivity contribution < 1.29 is 13.9 Å². The average Bonchev–Trinajstić information content (AvgIpc) is 2.40. The Hall–Kier alpha value is -1.93. The van der Waals surface area contributed by atoms with Gasteiger partial charge in [0, 0.05) is 13.0 Å². The Morgan fingerprint density at radius 3 is 3.00 bits per heavy atom. The van der Waals surface area contributed by atoms with Crippen molar-refractivity contribution in [3.05, 3.63) is 35.1 Å². The lowest BCUT2D eigenvalue weighted by molar-refractivity contribution is -0.143. The molecule has 1 aromatic rings. The summed E-state index contributed by atoms with van der Waals surface area (Å²) in [6.45, 7) is 3.29. The fraction of sp³-hybridized carbons (Fsp3) is 0.429. The molecule has 19 heavy (non-hydrogen) atoms. The lowest BCUT2D eigenvalue weighted by atomic mass is 10.1. The summed E-state index contributed by atoms with van der Waals surface area (Å²) in [5.41, 5.74) is 1.08. The highest BCUT2D eigenvalue weighted by Gasteiger charge is 2.04. The quantitative estimate of drug-likeness (QED) is 0.605. The number of benzene rings is 1. The summed E-state index contributed by atoms with van der Waals surface area (Å²) in [5, 5.41) is 12.0. The molecule has 0 heterocycles. The first-order valence-corrected chi connectivity index (χ1v) is 6.22. The molecule has 1 N–H and O–H groups in total. The van der Waals surface area contributed by atoms with E-state index < -0.39 is 5.82 Å². The molecule has 0 spiro atoms. The molecule has 0 fully saturated rings. The normalized spacial score (nSPS) is 9.95. The highest BCUT2D eigenvalue weighted by molar-refractivity contribution is 5.69. The van der Waals surface area contributed by atoms with Crippen LogP contribution in [0.4, 0.5) is 4.39 Å². The van der Waals surface area contributed by atoms with Crippen LogP contribution in [0.1, 0.15) is 30.9 Å². The molecule has 0 aliphatic heterocycles. The van der Waals surface area contributed by atoms with E-state index in [0.717, 1.165) is 5.56 Å². The number of nitrogens with one attached hydrogen (secondary N) is 1. The van der Waals surface area contributed by atoms with Crippen LogP contribution in [0, 0.1) is 17.1 Å². The molecule has 0 atom stereocenters. The maximum Gasteiger partial charge on any atom is 0.305 e. The van der Waals surface area contributed by atoms with E-state index in [2.05, 4.69) is 5.32 Å². The van der Waals surface area contributed by atoms with Gasteiger partial charge in [0.1, 0.15) is 5.82 Å². The second-order valence-corrected chi connectivity index (χ2v) is 4.00. The van der Waals surface area contributed by atoms with Gasteiger partial charge in [-0.25, -0.2) is 4.39 Å². The number of hydrogen-bond donors (Lipinski definition) is 1. The third kappa shape index (κ3) is 5.49. The number of esters is 1. The van der Waals surface area contributed by atoms with Crippen LogP contribution in [-0.2, 0) is 16.1 Å². The molecule has 0 aromatic heterocycles. The molecular weight excluding hydrogens is 247 g/mol. The molecule has 5 heteroatoms. The monoisotopic (exact) mass is 264 g/mol. The lowest BCUT2D eigenvalue weighted by Gasteiger charge is -2.06. The zero-order chi connectivity index (χ0) is 14.1. The van der Waals surface area contributed by atoms with Gasteiger partial charge in [0.2, 0.25) is 0 Å². The minimum atomic E-state index is -0.414. The van der Waals surface area contributed by atoms with Crippen LogP contribution in [0.15, 0.2) is 18.2 Å². The van der Waals surface area contributed by atoms with Crippen molar-refractivity contribution in [2.24, 2.45) is 0 Å². The van der Waals surface area contributed by atoms with E-state index in [1.165, 1.54) is 12.1 Å². The Labute approximate surface area is 112 Å². The molecule has 0 saturated carbocycles. The Morgan fingerprint density at radius 1 is 1.53 bits per heavy atom. The standard InChI is InChI=1S/C14H17FN2O2/c1-2-19-14(18)4-3-7-17-10-11-5-6-13(15)8-12(11)9-16/h5-6,8,17H,2-4,7,10H2,1H3. The van der Waals surface area contributed by atoms with E-state index >= 15 is 0 Å². The van der Waals surface area contributed by atoms with Crippen molar-refractivity contribution >= 4 is 5.97 Å². The second kappa shape index (κ2) is 8.22. The van der Waals surface area contributed by atoms with Gasteiger partial charge >= 0.3 is 5.97 Å². The molecule has 0 amide bonds. The Morgan fingerprint density at radius 2 is 2.32 bits per heavy atom.